The Morgan fingerprint density at radius 2 is 1.13 bits per heavy atom. The molecule has 0 N–H and O–H groups in total. The predicted octanol–water partition coefficient (Wildman–Crippen LogP) is 6.43. The summed E-state index contributed by atoms with van der Waals surface area (Å²) in [7, 11) is 1.68. The molecule has 0 spiro atoms. The van der Waals surface area contributed by atoms with Crippen LogP contribution in [0, 0.1) is 0 Å². The molecule has 0 bridgehead atoms. The lowest BCUT2D eigenvalue weighted by Gasteiger charge is -2.34. The minimum atomic E-state index is -0.810. The van der Waals surface area contributed by atoms with Gasteiger partial charge in [0.1, 0.15) is 11.9 Å². The van der Waals surface area contributed by atoms with E-state index in [1.807, 2.05) is 54.6 Å². The third kappa shape index (κ3) is 3.42. The van der Waals surface area contributed by atoms with Crippen molar-refractivity contribution >= 4 is 0 Å². The van der Waals surface area contributed by atoms with Crippen LogP contribution in [0.4, 0.5) is 0 Å². The first-order chi connectivity index (χ1) is 15.3. The molecular formula is C28H24O3. The minimum absolute atomic E-state index is 0.0908. The maximum atomic E-state index is 6.38. The molecule has 5 rings (SSSR count). The molecule has 0 amide bonds. The van der Waals surface area contributed by atoms with Crippen LogP contribution in [0.15, 0.2) is 115 Å². The van der Waals surface area contributed by atoms with Gasteiger partial charge in [0, 0.05) is 0 Å². The smallest absolute Gasteiger partial charge is 0.163 e. The Bertz CT molecular complexity index is 1110. The van der Waals surface area contributed by atoms with Crippen molar-refractivity contribution in [2.75, 3.05) is 7.11 Å². The minimum Gasteiger partial charge on any atom is -0.497 e. The predicted molar refractivity (Wildman–Crippen MR) is 121 cm³/mol. The Balaban J connectivity index is 1.75. The van der Waals surface area contributed by atoms with Crippen LogP contribution >= 0.6 is 0 Å². The van der Waals surface area contributed by atoms with Crippen molar-refractivity contribution in [1.82, 2.24) is 0 Å². The van der Waals surface area contributed by atoms with Crippen LogP contribution < -0.4 is 4.74 Å². The molecule has 3 atom stereocenters. The van der Waals surface area contributed by atoms with E-state index in [-0.39, 0.29) is 12.0 Å². The first kappa shape index (κ1) is 19.6. The summed E-state index contributed by atoms with van der Waals surface area (Å²) >= 11 is 0. The fraction of sp³-hybridized carbons (Fsp3) is 0.143. The number of hydrogen-bond acceptors (Lipinski definition) is 3. The van der Waals surface area contributed by atoms with Crippen LogP contribution in [0.1, 0.15) is 34.3 Å². The van der Waals surface area contributed by atoms with Crippen molar-refractivity contribution in [2.24, 2.45) is 0 Å². The second-order valence-corrected chi connectivity index (χ2v) is 7.73. The first-order valence-corrected chi connectivity index (χ1v) is 10.5. The molecule has 0 radical (unpaired) electrons. The molecule has 1 saturated heterocycles. The van der Waals surface area contributed by atoms with Gasteiger partial charge >= 0.3 is 0 Å². The Morgan fingerprint density at radius 3 is 1.71 bits per heavy atom. The van der Waals surface area contributed by atoms with Gasteiger partial charge in [-0.3, -0.25) is 0 Å². The van der Waals surface area contributed by atoms with Crippen molar-refractivity contribution in [2.45, 2.75) is 17.6 Å². The zero-order chi connectivity index (χ0) is 21.1. The lowest BCUT2D eigenvalue weighted by molar-refractivity contribution is -0.322. The van der Waals surface area contributed by atoms with Crippen LogP contribution in [-0.4, -0.2) is 7.11 Å². The summed E-state index contributed by atoms with van der Waals surface area (Å²) in [5.74, 6) is 0.716. The Morgan fingerprint density at radius 1 is 0.613 bits per heavy atom. The highest BCUT2D eigenvalue weighted by Gasteiger charge is 2.55. The standard InChI is InChI=1S/C28H24O3/c1-29-25-19-17-24(18-20-25)28(23-15-9-4-10-16-23)26(21-11-5-2-6-12-21)27(30-31-28)22-13-7-3-8-14-22/h2-20,26-27H,1H3/t26-,27+,28+/m1/s1. The lowest BCUT2D eigenvalue weighted by atomic mass is 9.70. The van der Waals surface area contributed by atoms with Gasteiger partial charge in [0.25, 0.3) is 0 Å². The van der Waals surface area contributed by atoms with E-state index in [0.717, 1.165) is 28.0 Å². The van der Waals surface area contributed by atoms with Crippen molar-refractivity contribution < 1.29 is 14.5 Å². The van der Waals surface area contributed by atoms with Gasteiger partial charge in [-0.15, -0.1) is 0 Å². The number of benzene rings is 4. The summed E-state index contributed by atoms with van der Waals surface area (Å²) in [4.78, 5) is 12.5. The van der Waals surface area contributed by atoms with Crippen molar-refractivity contribution in [3.05, 3.63) is 138 Å². The van der Waals surface area contributed by atoms with E-state index in [0.29, 0.717) is 0 Å². The third-order valence-electron chi connectivity index (χ3n) is 6.03. The first-order valence-electron chi connectivity index (χ1n) is 10.5. The van der Waals surface area contributed by atoms with E-state index in [9.17, 15) is 0 Å². The van der Waals surface area contributed by atoms with Gasteiger partial charge in [-0.05, 0) is 34.4 Å². The van der Waals surface area contributed by atoms with Crippen molar-refractivity contribution in [3.8, 4) is 5.75 Å². The van der Waals surface area contributed by atoms with Crippen LogP contribution in [0.2, 0.25) is 0 Å². The molecule has 154 valence electrons. The molecule has 0 aromatic heterocycles. The second-order valence-electron chi connectivity index (χ2n) is 7.73. The van der Waals surface area contributed by atoms with Gasteiger partial charge in [0.2, 0.25) is 0 Å². The molecule has 0 aliphatic carbocycles. The average molecular weight is 408 g/mol. The summed E-state index contributed by atoms with van der Waals surface area (Å²) in [5.41, 5.74) is 3.51. The highest BCUT2D eigenvalue weighted by Crippen LogP contribution is 2.57. The van der Waals surface area contributed by atoms with Crippen molar-refractivity contribution in [1.29, 1.82) is 0 Å². The van der Waals surface area contributed by atoms with E-state index in [4.69, 9.17) is 14.5 Å². The normalized spacial score (nSPS) is 22.9. The summed E-state index contributed by atoms with van der Waals surface area (Å²) < 4.78 is 5.40. The third-order valence-corrected chi connectivity index (χ3v) is 6.03. The van der Waals surface area contributed by atoms with Crippen LogP contribution in [0.5, 0.6) is 5.75 Å². The van der Waals surface area contributed by atoms with Crippen LogP contribution in [0.25, 0.3) is 0 Å². The molecule has 1 aliphatic heterocycles. The molecule has 1 fully saturated rings. The zero-order valence-electron chi connectivity index (χ0n) is 17.3. The number of rotatable bonds is 5. The molecule has 0 saturated carbocycles. The fourth-order valence-corrected chi connectivity index (χ4v) is 4.56. The number of ether oxygens (including phenoxy) is 1. The monoisotopic (exact) mass is 408 g/mol. The van der Waals surface area contributed by atoms with E-state index >= 15 is 0 Å². The van der Waals surface area contributed by atoms with Gasteiger partial charge in [-0.25, -0.2) is 9.78 Å². The van der Waals surface area contributed by atoms with E-state index in [2.05, 4.69) is 60.7 Å². The summed E-state index contributed by atoms with van der Waals surface area (Å²) in [5, 5.41) is 0. The molecule has 1 aliphatic rings. The summed E-state index contributed by atoms with van der Waals surface area (Å²) in [6.07, 6.45) is -0.258. The second kappa shape index (κ2) is 8.38. The van der Waals surface area contributed by atoms with Gasteiger partial charge in [-0.2, -0.15) is 0 Å². The molecule has 31 heavy (non-hydrogen) atoms. The van der Waals surface area contributed by atoms with Crippen molar-refractivity contribution in [3.63, 3.8) is 0 Å². The van der Waals surface area contributed by atoms with Crippen LogP contribution in [-0.2, 0) is 15.4 Å². The summed E-state index contributed by atoms with van der Waals surface area (Å²) in [6.45, 7) is 0. The topological polar surface area (TPSA) is 27.7 Å². The van der Waals surface area contributed by atoms with Gasteiger partial charge < -0.3 is 4.74 Å². The van der Waals surface area contributed by atoms with Gasteiger partial charge in [-0.1, -0.05) is 103 Å². The van der Waals surface area contributed by atoms with E-state index < -0.39 is 5.60 Å². The molecule has 3 heteroatoms. The quantitative estimate of drug-likeness (QED) is 0.356. The van der Waals surface area contributed by atoms with Crippen LogP contribution in [0.3, 0.4) is 0 Å². The lowest BCUT2D eigenvalue weighted by Crippen LogP contribution is -2.34. The molecule has 4 aromatic rings. The maximum Gasteiger partial charge on any atom is 0.163 e. The van der Waals surface area contributed by atoms with E-state index in [1.165, 1.54) is 0 Å². The zero-order valence-corrected chi connectivity index (χ0v) is 17.3. The van der Waals surface area contributed by atoms with Gasteiger partial charge in [0.15, 0.2) is 5.60 Å². The van der Waals surface area contributed by atoms with E-state index in [1.54, 1.807) is 7.11 Å². The molecule has 1 heterocycles. The molecule has 4 aromatic carbocycles. The average Bonchev–Trinajstić information content (AvgIpc) is 3.27. The fourth-order valence-electron chi connectivity index (χ4n) is 4.56. The Labute approximate surface area is 182 Å². The highest BCUT2D eigenvalue weighted by atomic mass is 17.2. The maximum absolute atomic E-state index is 6.38. The largest absolute Gasteiger partial charge is 0.497 e. The number of methoxy groups -OCH3 is 1. The Hall–Kier alpha value is -3.40. The molecule has 0 unspecified atom stereocenters. The highest BCUT2D eigenvalue weighted by molar-refractivity contribution is 5.46. The number of hydrogen-bond donors (Lipinski definition) is 0. The van der Waals surface area contributed by atoms with Gasteiger partial charge in [0.05, 0.1) is 13.0 Å². The molecular weight excluding hydrogens is 384 g/mol. The SMILES string of the molecule is COc1ccc([C@]2(c3ccccc3)OO[C@@H](c3ccccc3)[C@H]2c2ccccc2)cc1. The summed E-state index contributed by atoms with van der Waals surface area (Å²) in [6, 6.07) is 39.2. The molecule has 3 nitrogen and oxygen atoms in total. The Kier molecular flexibility index (Phi) is 5.29.